The third kappa shape index (κ3) is 5.73. The number of hydrogen-bond acceptors (Lipinski definition) is 5. The minimum absolute atomic E-state index is 0.102. The first-order valence-corrected chi connectivity index (χ1v) is 9.09. The molecular formula is C22H19N3O5. The van der Waals surface area contributed by atoms with Gasteiger partial charge >= 0.3 is 0 Å². The summed E-state index contributed by atoms with van der Waals surface area (Å²) >= 11 is 0. The van der Waals surface area contributed by atoms with Crippen LogP contribution >= 0.6 is 0 Å². The third-order valence-electron chi connectivity index (χ3n) is 4.12. The molecule has 3 rings (SSSR count). The lowest BCUT2D eigenvalue weighted by molar-refractivity contribution is -0.383. The number of benzene rings is 3. The van der Waals surface area contributed by atoms with E-state index in [1.165, 1.54) is 30.3 Å². The molecule has 2 N–H and O–H groups in total. The van der Waals surface area contributed by atoms with Crippen molar-refractivity contribution in [2.24, 2.45) is 0 Å². The molecule has 0 spiro atoms. The number of rotatable bonds is 8. The highest BCUT2D eigenvalue weighted by molar-refractivity contribution is 6.05. The second kappa shape index (κ2) is 9.94. The summed E-state index contributed by atoms with van der Waals surface area (Å²) in [6.45, 7) is 0.230. The topological polar surface area (TPSA) is 111 Å². The van der Waals surface area contributed by atoms with Crippen LogP contribution in [0.2, 0.25) is 0 Å². The van der Waals surface area contributed by atoms with E-state index in [1.807, 2.05) is 30.3 Å². The summed E-state index contributed by atoms with van der Waals surface area (Å²) in [6.07, 6.45) is 0. The molecule has 0 fully saturated rings. The Kier molecular flexibility index (Phi) is 6.86. The number of hydrogen-bond donors (Lipinski definition) is 2. The molecule has 0 aliphatic carbocycles. The molecule has 0 aliphatic heterocycles. The molecule has 0 bridgehead atoms. The van der Waals surface area contributed by atoms with Crippen LogP contribution in [0.5, 0.6) is 0 Å². The van der Waals surface area contributed by atoms with Crippen LogP contribution in [-0.4, -0.2) is 23.3 Å². The minimum Gasteiger partial charge on any atom is -0.367 e. The molecule has 0 heterocycles. The molecule has 0 saturated carbocycles. The van der Waals surface area contributed by atoms with Gasteiger partial charge in [0.05, 0.1) is 11.5 Å². The van der Waals surface area contributed by atoms with Gasteiger partial charge in [0.1, 0.15) is 12.3 Å². The molecule has 8 nitrogen and oxygen atoms in total. The van der Waals surface area contributed by atoms with E-state index in [4.69, 9.17) is 4.74 Å². The Morgan fingerprint density at radius 3 is 2.23 bits per heavy atom. The molecule has 152 valence electrons. The van der Waals surface area contributed by atoms with Crippen molar-refractivity contribution >= 4 is 28.9 Å². The zero-order chi connectivity index (χ0) is 21.3. The predicted octanol–water partition coefficient (Wildman–Crippen LogP) is 4.00. The zero-order valence-electron chi connectivity index (χ0n) is 15.9. The number of nitro groups is 1. The van der Waals surface area contributed by atoms with Gasteiger partial charge in [0.15, 0.2) is 0 Å². The van der Waals surface area contributed by atoms with Crippen LogP contribution in [0.3, 0.4) is 0 Å². The summed E-state index contributed by atoms with van der Waals surface area (Å²) in [7, 11) is 0. The predicted molar refractivity (Wildman–Crippen MR) is 112 cm³/mol. The van der Waals surface area contributed by atoms with Crippen LogP contribution < -0.4 is 10.6 Å². The Labute approximate surface area is 172 Å². The van der Waals surface area contributed by atoms with E-state index in [2.05, 4.69) is 10.6 Å². The highest BCUT2D eigenvalue weighted by Gasteiger charge is 2.15. The van der Waals surface area contributed by atoms with Gasteiger partial charge in [-0.25, -0.2) is 0 Å². The van der Waals surface area contributed by atoms with Gasteiger partial charge in [0.25, 0.3) is 11.6 Å². The maximum Gasteiger partial charge on any atom is 0.292 e. The van der Waals surface area contributed by atoms with Gasteiger partial charge in [-0.05, 0) is 35.9 Å². The van der Waals surface area contributed by atoms with Crippen molar-refractivity contribution in [1.82, 2.24) is 0 Å². The summed E-state index contributed by atoms with van der Waals surface area (Å²) in [5, 5.41) is 16.3. The number of para-hydroxylation sites is 2. The molecule has 0 aliphatic rings. The van der Waals surface area contributed by atoms with Gasteiger partial charge < -0.3 is 15.4 Å². The van der Waals surface area contributed by atoms with E-state index in [0.29, 0.717) is 17.9 Å². The lowest BCUT2D eigenvalue weighted by atomic mass is 10.2. The van der Waals surface area contributed by atoms with Gasteiger partial charge in [0.2, 0.25) is 5.91 Å². The van der Waals surface area contributed by atoms with Crippen molar-refractivity contribution in [3.63, 3.8) is 0 Å². The van der Waals surface area contributed by atoms with Gasteiger partial charge in [-0.2, -0.15) is 0 Å². The molecule has 0 saturated heterocycles. The van der Waals surface area contributed by atoms with Gasteiger partial charge in [0, 0.05) is 17.3 Å². The van der Waals surface area contributed by atoms with E-state index < -0.39 is 10.8 Å². The maximum atomic E-state index is 12.4. The molecule has 0 aromatic heterocycles. The Bertz CT molecular complexity index is 1040. The first-order valence-electron chi connectivity index (χ1n) is 9.09. The van der Waals surface area contributed by atoms with Crippen molar-refractivity contribution in [2.45, 2.75) is 6.61 Å². The fraction of sp³-hybridized carbons (Fsp3) is 0.0909. The highest BCUT2D eigenvalue weighted by Crippen LogP contribution is 2.24. The molecule has 0 radical (unpaired) electrons. The second-order valence-corrected chi connectivity index (χ2v) is 6.33. The van der Waals surface area contributed by atoms with E-state index in [1.54, 1.807) is 18.2 Å². The lowest BCUT2D eigenvalue weighted by Crippen LogP contribution is -2.18. The Hall–Kier alpha value is -4.04. The number of amides is 2. The normalized spacial score (nSPS) is 10.3. The monoisotopic (exact) mass is 405 g/mol. The third-order valence-corrected chi connectivity index (χ3v) is 4.12. The summed E-state index contributed by atoms with van der Waals surface area (Å²) in [5.74, 6) is -0.809. The number of nitrogens with one attached hydrogen (secondary N) is 2. The summed E-state index contributed by atoms with van der Waals surface area (Å²) in [5.41, 5.74) is 1.70. The van der Waals surface area contributed by atoms with Crippen LogP contribution in [-0.2, 0) is 16.1 Å². The molecule has 0 atom stereocenters. The van der Waals surface area contributed by atoms with Gasteiger partial charge in [-0.3, -0.25) is 19.7 Å². The quantitative estimate of drug-likeness (QED) is 0.435. The number of carbonyl (C=O) groups is 2. The lowest BCUT2D eigenvalue weighted by Gasteiger charge is -2.08. The summed E-state index contributed by atoms with van der Waals surface area (Å²) < 4.78 is 5.38. The molecule has 8 heteroatoms. The number of ether oxygens (including phenoxy) is 1. The maximum absolute atomic E-state index is 12.4. The van der Waals surface area contributed by atoms with Crippen LogP contribution in [0, 0.1) is 10.1 Å². The van der Waals surface area contributed by atoms with Gasteiger partial charge in [-0.1, -0.05) is 42.5 Å². The minimum atomic E-state index is -0.561. The van der Waals surface area contributed by atoms with E-state index in [0.717, 1.165) is 5.56 Å². The first-order chi connectivity index (χ1) is 14.5. The van der Waals surface area contributed by atoms with Gasteiger partial charge in [-0.15, -0.1) is 0 Å². The van der Waals surface area contributed by atoms with Crippen molar-refractivity contribution in [3.05, 3.63) is 100 Å². The molecule has 3 aromatic rings. The Morgan fingerprint density at radius 2 is 1.53 bits per heavy atom. The molecule has 2 amide bonds. The number of anilines is 2. The fourth-order valence-corrected chi connectivity index (χ4v) is 2.67. The van der Waals surface area contributed by atoms with E-state index in [-0.39, 0.29) is 23.9 Å². The molecule has 30 heavy (non-hydrogen) atoms. The van der Waals surface area contributed by atoms with Crippen LogP contribution in [0.4, 0.5) is 17.1 Å². The zero-order valence-corrected chi connectivity index (χ0v) is 15.9. The number of nitrogens with zero attached hydrogens (tertiary/aromatic N) is 1. The van der Waals surface area contributed by atoms with E-state index >= 15 is 0 Å². The first kappa shape index (κ1) is 20.7. The van der Waals surface area contributed by atoms with Crippen LogP contribution in [0.15, 0.2) is 78.9 Å². The Morgan fingerprint density at radius 1 is 0.867 bits per heavy atom. The second-order valence-electron chi connectivity index (χ2n) is 6.33. The van der Waals surface area contributed by atoms with Crippen molar-refractivity contribution in [1.29, 1.82) is 0 Å². The standard InChI is InChI=1S/C22H19N3O5/c26-21(15-30-14-16-6-2-1-3-7-16)23-18-12-10-17(11-13-18)22(27)24-19-8-4-5-9-20(19)25(28)29/h1-13H,14-15H2,(H,23,26)(H,24,27). The van der Waals surface area contributed by atoms with Crippen LogP contribution in [0.1, 0.15) is 15.9 Å². The summed E-state index contributed by atoms with van der Waals surface area (Å²) in [6, 6.07) is 21.6. The molecule has 0 unspecified atom stereocenters. The largest absolute Gasteiger partial charge is 0.367 e. The number of nitro benzene ring substituents is 1. The van der Waals surface area contributed by atoms with Crippen molar-refractivity contribution < 1.29 is 19.2 Å². The average molecular weight is 405 g/mol. The Balaban J connectivity index is 1.52. The van der Waals surface area contributed by atoms with Crippen LogP contribution in [0.25, 0.3) is 0 Å². The van der Waals surface area contributed by atoms with E-state index in [9.17, 15) is 19.7 Å². The highest BCUT2D eigenvalue weighted by atomic mass is 16.6. The average Bonchev–Trinajstić information content (AvgIpc) is 2.75. The summed E-state index contributed by atoms with van der Waals surface area (Å²) in [4.78, 5) is 34.8. The SMILES string of the molecule is O=C(COCc1ccccc1)Nc1ccc(C(=O)Nc2ccccc2[N+](=O)[O-])cc1. The molecular weight excluding hydrogens is 386 g/mol. The fourth-order valence-electron chi connectivity index (χ4n) is 2.67. The molecule has 3 aromatic carbocycles. The van der Waals surface area contributed by atoms with Crippen molar-refractivity contribution in [2.75, 3.05) is 17.2 Å². The van der Waals surface area contributed by atoms with Crippen molar-refractivity contribution in [3.8, 4) is 0 Å². The smallest absolute Gasteiger partial charge is 0.292 e. The number of carbonyl (C=O) groups excluding carboxylic acids is 2.